The zero-order valence-electron chi connectivity index (χ0n) is 31.2. The Balaban J connectivity index is 1.15. The van der Waals surface area contributed by atoms with Gasteiger partial charge in [0, 0.05) is 54.1 Å². The molecule has 0 bridgehead atoms. The Morgan fingerprint density at radius 2 is 0.827 bits per heavy atom. The molecule has 5 aliphatic heterocycles. The fraction of sp³-hybridized carbons (Fsp3) is 1.00. The second-order valence-electron chi connectivity index (χ2n) is 14.2. The van der Waals surface area contributed by atoms with Gasteiger partial charge in [-0.1, -0.05) is 0 Å². The zero-order valence-corrected chi connectivity index (χ0v) is 31.2. The third-order valence-electron chi connectivity index (χ3n) is 10.8. The third kappa shape index (κ3) is 9.62. The van der Waals surface area contributed by atoms with Gasteiger partial charge in [-0.25, -0.2) is 0 Å². The smallest absolute Gasteiger partial charge is 0.187 e. The number of rotatable bonds is 13. The van der Waals surface area contributed by atoms with E-state index in [1.165, 1.54) is 7.11 Å². The standard InChI is InChI=1S/C34H60O18/c1-14-30(18(40-5)9-23(36)44-14)49-24-10-19(41-6)31(15(2)45-24)50-25-11-20(42-7)32(16(3)46-25)51-26-12-21(43-8)33(17(4)47-26)52-34-29(39)28(38)27(37)22(13-35)48-34/h14-39H,9-13H2,1-8H3/t14-,15-,16-,17-,18+,19-,20-,21+,22-,23?,24+,25+,26+,27-,28+,29-,30-,31-,32-,33-,34+/m1/s1. The van der Waals surface area contributed by atoms with Crippen molar-refractivity contribution in [2.45, 2.75) is 182 Å². The quantitative estimate of drug-likeness (QED) is 0.151. The maximum absolute atomic E-state index is 10.5. The molecule has 52 heavy (non-hydrogen) atoms. The van der Waals surface area contributed by atoms with E-state index in [2.05, 4.69) is 0 Å². The van der Waals surface area contributed by atoms with Crippen LogP contribution in [0.15, 0.2) is 0 Å². The van der Waals surface area contributed by atoms with E-state index < -0.39 is 124 Å². The topological polar surface area (TPSA) is 221 Å². The van der Waals surface area contributed by atoms with Crippen LogP contribution in [0.1, 0.15) is 53.4 Å². The summed E-state index contributed by atoms with van der Waals surface area (Å²) >= 11 is 0. The normalized spacial score (nSPS) is 50.6. The molecule has 21 atom stereocenters. The minimum absolute atomic E-state index is 0.246. The molecule has 5 fully saturated rings. The van der Waals surface area contributed by atoms with Crippen LogP contribution in [-0.2, 0) is 61.6 Å². The van der Waals surface area contributed by atoms with Crippen LogP contribution in [0.3, 0.4) is 0 Å². The highest BCUT2D eigenvalue weighted by Gasteiger charge is 2.50. The van der Waals surface area contributed by atoms with Gasteiger partial charge in [0.1, 0.15) is 48.8 Å². The first-order valence-corrected chi connectivity index (χ1v) is 18.2. The van der Waals surface area contributed by atoms with Gasteiger partial charge in [-0.2, -0.15) is 0 Å². The van der Waals surface area contributed by atoms with Gasteiger partial charge in [0.15, 0.2) is 31.5 Å². The molecule has 5 N–H and O–H groups in total. The summed E-state index contributed by atoms with van der Waals surface area (Å²) < 4.78 is 78.2. The van der Waals surface area contributed by atoms with Gasteiger partial charge in [-0.15, -0.1) is 0 Å². The Morgan fingerprint density at radius 1 is 0.462 bits per heavy atom. The van der Waals surface area contributed by atoms with Gasteiger partial charge in [0.2, 0.25) is 0 Å². The zero-order chi connectivity index (χ0) is 37.9. The molecule has 0 amide bonds. The van der Waals surface area contributed by atoms with Crippen molar-refractivity contribution in [3.8, 4) is 0 Å². The van der Waals surface area contributed by atoms with Crippen LogP contribution in [-0.4, -0.2) is 190 Å². The Hall–Kier alpha value is -0.720. The largest absolute Gasteiger partial charge is 0.394 e. The minimum atomic E-state index is -1.58. The molecule has 5 rings (SSSR count). The number of hydrogen-bond donors (Lipinski definition) is 5. The lowest BCUT2D eigenvalue weighted by molar-refractivity contribution is -0.358. The van der Waals surface area contributed by atoms with E-state index in [4.69, 9.17) is 61.6 Å². The summed E-state index contributed by atoms with van der Waals surface area (Å²) in [5.41, 5.74) is 0. The van der Waals surface area contributed by atoms with Gasteiger partial charge in [0.25, 0.3) is 0 Å². The first kappa shape index (κ1) is 42.4. The Kier molecular flexibility index (Phi) is 15.5. The molecule has 5 saturated heterocycles. The van der Waals surface area contributed by atoms with Crippen molar-refractivity contribution in [3.05, 3.63) is 0 Å². The highest BCUT2D eigenvalue weighted by atomic mass is 16.8. The summed E-state index contributed by atoms with van der Waals surface area (Å²) in [5, 5.41) is 50.4. The number of ether oxygens (including phenoxy) is 13. The lowest BCUT2D eigenvalue weighted by atomic mass is 9.97. The SMILES string of the molecule is CO[C@H]1CC(O)O[C@H](C)[C@H]1O[C@H]1C[C@@H](OC)[C@H](O[C@H]2C[C@@H](OC)[C@H](O[C@H]3C[C@H](OC)[C@H](O[C@@H]4O[C@H](CO)[C@@H](O)[C@H](O)[C@H]4O)[C@@H](C)O3)[C@@H](C)O2)[C@@H](C)O1. The average molecular weight is 757 g/mol. The molecule has 5 aliphatic rings. The maximum Gasteiger partial charge on any atom is 0.187 e. The summed E-state index contributed by atoms with van der Waals surface area (Å²) in [6, 6.07) is 0. The van der Waals surface area contributed by atoms with Crippen LogP contribution in [0.25, 0.3) is 0 Å². The van der Waals surface area contributed by atoms with Gasteiger partial charge in [-0.05, 0) is 27.7 Å². The van der Waals surface area contributed by atoms with Crippen molar-refractivity contribution < 1.29 is 87.1 Å². The Bertz CT molecular complexity index is 1070. The summed E-state index contributed by atoms with van der Waals surface area (Å²) in [6.45, 7) is 6.76. The van der Waals surface area contributed by atoms with Crippen LogP contribution >= 0.6 is 0 Å². The monoisotopic (exact) mass is 756 g/mol. The van der Waals surface area contributed by atoms with Crippen LogP contribution < -0.4 is 0 Å². The van der Waals surface area contributed by atoms with Crippen LogP contribution in [0.2, 0.25) is 0 Å². The first-order valence-electron chi connectivity index (χ1n) is 18.2. The lowest BCUT2D eigenvalue weighted by Crippen LogP contribution is -2.62. The fourth-order valence-corrected chi connectivity index (χ4v) is 7.85. The molecule has 18 heteroatoms. The first-order chi connectivity index (χ1) is 24.8. The predicted molar refractivity (Wildman–Crippen MR) is 174 cm³/mol. The maximum atomic E-state index is 10.5. The van der Waals surface area contributed by atoms with E-state index >= 15 is 0 Å². The van der Waals surface area contributed by atoms with E-state index in [0.29, 0.717) is 12.8 Å². The molecule has 1 unspecified atom stereocenters. The second kappa shape index (κ2) is 18.9. The van der Waals surface area contributed by atoms with Crippen molar-refractivity contribution >= 4 is 0 Å². The summed E-state index contributed by atoms with van der Waals surface area (Å²) in [5.74, 6) is 0. The molecule has 0 aromatic carbocycles. The van der Waals surface area contributed by atoms with Crippen molar-refractivity contribution in [2.24, 2.45) is 0 Å². The highest BCUT2D eigenvalue weighted by molar-refractivity contribution is 4.93. The third-order valence-corrected chi connectivity index (χ3v) is 10.8. The molecule has 18 nitrogen and oxygen atoms in total. The number of aliphatic hydroxyl groups is 5. The van der Waals surface area contributed by atoms with E-state index in [1.54, 1.807) is 28.3 Å². The summed E-state index contributed by atoms with van der Waals surface area (Å²) in [4.78, 5) is 0. The molecule has 0 radical (unpaired) electrons. The average Bonchev–Trinajstić information content (AvgIpc) is 3.11. The number of methoxy groups -OCH3 is 4. The van der Waals surface area contributed by atoms with Gasteiger partial charge < -0.3 is 87.1 Å². The molecule has 0 aromatic heterocycles. The van der Waals surface area contributed by atoms with Gasteiger partial charge in [0.05, 0.1) is 55.4 Å². The van der Waals surface area contributed by atoms with Crippen LogP contribution in [0.4, 0.5) is 0 Å². The number of hydrogen-bond acceptors (Lipinski definition) is 18. The molecule has 304 valence electrons. The number of aliphatic hydroxyl groups excluding tert-OH is 5. The van der Waals surface area contributed by atoms with Gasteiger partial charge >= 0.3 is 0 Å². The van der Waals surface area contributed by atoms with Crippen molar-refractivity contribution in [1.82, 2.24) is 0 Å². The van der Waals surface area contributed by atoms with Crippen molar-refractivity contribution in [3.63, 3.8) is 0 Å². The molecular formula is C34H60O18. The highest BCUT2D eigenvalue weighted by Crippen LogP contribution is 2.36. The molecule has 0 spiro atoms. The summed E-state index contributed by atoms with van der Waals surface area (Å²) in [7, 11) is 6.30. The van der Waals surface area contributed by atoms with Crippen molar-refractivity contribution in [1.29, 1.82) is 0 Å². The predicted octanol–water partition coefficient (Wildman–Crippen LogP) is -1.08. The van der Waals surface area contributed by atoms with E-state index in [1.807, 2.05) is 20.8 Å². The molecule has 0 aromatic rings. The Labute approximate surface area is 304 Å². The second-order valence-corrected chi connectivity index (χ2v) is 14.2. The minimum Gasteiger partial charge on any atom is -0.394 e. The molecule has 5 heterocycles. The van der Waals surface area contributed by atoms with Crippen LogP contribution in [0, 0.1) is 0 Å². The Morgan fingerprint density at radius 3 is 1.21 bits per heavy atom. The van der Waals surface area contributed by atoms with E-state index in [0.717, 1.165) is 0 Å². The lowest BCUT2D eigenvalue weighted by Gasteiger charge is -2.47. The molecule has 0 saturated carbocycles. The van der Waals surface area contributed by atoms with Gasteiger partial charge in [-0.3, -0.25) is 0 Å². The summed E-state index contributed by atoms with van der Waals surface area (Å²) in [6.07, 6.45) is -14.6. The van der Waals surface area contributed by atoms with Crippen LogP contribution in [0.5, 0.6) is 0 Å². The molecule has 0 aliphatic carbocycles. The van der Waals surface area contributed by atoms with Crippen molar-refractivity contribution in [2.75, 3.05) is 35.0 Å². The fourth-order valence-electron chi connectivity index (χ4n) is 7.85. The van der Waals surface area contributed by atoms with E-state index in [-0.39, 0.29) is 25.0 Å². The van der Waals surface area contributed by atoms with E-state index in [9.17, 15) is 25.5 Å². The molecular weight excluding hydrogens is 696 g/mol.